The first-order valence-electron chi connectivity index (χ1n) is 5.76. The molecule has 0 fully saturated rings. The molecule has 0 unspecified atom stereocenters. The number of rotatable bonds is 3. The van der Waals surface area contributed by atoms with E-state index in [9.17, 15) is 4.79 Å². The van der Waals surface area contributed by atoms with Crippen LogP contribution in [-0.2, 0) is 7.05 Å². The minimum atomic E-state index is -0.228. The lowest BCUT2D eigenvalue weighted by Crippen LogP contribution is -2.13. The van der Waals surface area contributed by atoms with Gasteiger partial charge in [-0.25, -0.2) is 0 Å². The van der Waals surface area contributed by atoms with Crippen molar-refractivity contribution >= 4 is 17.3 Å². The summed E-state index contributed by atoms with van der Waals surface area (Å²) >= 11 is 0. The van der Waals surface area contributed by atoms with E-state index in [-0.39, 0.29) is 5.91 Å². The van der Waals surface area contributed by atoms with E-state index in [1.165, 1.54) is 7.11 Å². The van der Waals surface area contributed by atoms with Crippen LogP contribution in [0.4, 0.5) is 11.4 Å². The Labute approximate surface area is 111 Å². The molecular formula is C13H16N4O2. The molecule has 0 aliphatic heterocycles. The van der Waals surface area contributed by atoms with Crippen molar-refractivity contribution in [2.24, 2.45) is 7.05 Å². The highest BCUT2D eigenvalue weighted by molar-refractivity contribution is 6.05. The lowest BCUT2D eigenvalue weighted by molar-refractivity contribution is 0.102. The molecule has 19 heavy (non-hydrogen) atoms. The second-order valence-electron chi connectivity index (χ2n) is 4.22. The molecule has 100 valence electrons. The van der Waals surface area contributed by atoms with Crippen molar-refractivity contribution in [3.05, 3.63) is 35.7 Å². The van der Waals surface area contributed by atoms with E-state index in [4.69, 9.17) is 10.5 Å². The number of nitrogens with one attached hydrogen (secondary N) is 1. The zero-order valence-corrected chi connectivity index (χ0v) is 11.1. The smallest absolute Gasteiger partial charge is 0.259 e. The van der Waals surface area contributed by atoms with Crippen molar-refractivity contribution in [3.63, 3.8) is 0 Å². The molecule has 1 heterocycles. The Kier molecular flexibility index (Phi) is 3.41. The Hall–Kier alpha value is -2.50. The zero-order chi connectivity index (χ0) is 14.0. The molecule has 0 bridgehead atoms. The van der Waals surface area contributed by atoms with Gasteiger partial charge in [0, 0.05) is 25.0 Å². The summed E-state index contributed by atoms with van der Waals surface area (Å²) in [6.45, 7) is 1.79. The third kappa shape index (κ3) is 2.67. The van der Waals surface area contributed by atoms with Crippen LogP contribution in [0.2, 0.25) is 0 Å². The molecule has 0 aliphatic rings. The van der Waals surface area contributed by atoms with Crippen LogP contribution in [0.5, 0.6) is 5.75 Å². The SMILES string of the molecule is COc1cc(N)ccc1NC(=O)c1cn(C)nc1C. The molecule has 1 aromatic carbocycles. The molecule has 1 amide bonds. The third-order valence-electron chi connectivity index (χ3n) is 2.73. The Morgan fingerprint density at radius 2 is 2.21 bits per heavy atom. The number of anilines is 2. The summed E-state index contributed by atoms with van der Waals surface area (Å²) in [5, 5.41) is 6.92. The van der Waals surface area contributed by atoms with Gasteiger partial charge in [-0.1, -0.05) is 0 Å². The second-order valence-corrected chi connectivity index (χ2v) is 4.22. The van der Waals surface area contributed by atoms with Gasteiger partial charge < -0.3 is 15.8 Å². The van der Waals surface area contributed by atoms with Gasteiger partial charge in [0.25, 0.3) is 5.91 Å². The monoisotopic (exact) mass is 260 g/mol. The summed E-state index contributed by atoms with van der Waals surface area (Å²) in [5.41, 5.74) is 8.02. The number of nitrogens with two attached hydrogens (primary N) is 1. The number of methoxy groups -OCH3 is 1. The van der Waals surface area contributed by atoms with Gasteiger partial charge in [-0.2, -0.15) is 5.10 Å². The van der Waals surface area contributed by atoms with Crippen LogP contribution < -0.4 is 15.8 Å². The third-order valence-corrected chi connectivity index (χ3v) is 2.73. The first-order chi connectivity index (χ1) is 9.01. The summed E-state index contributed by atoms with van der Waals surface area (Å²) in [7, 11) is 3.30. The highest BCUT2D eigenvalue weighted by Gasteiger charge is 2.14. The molecule has 2 rings (SSSR count). The predicted molar refractivity (Wildman–Crippen MR) is 73.3 cm³/mol. The van der Waals surface area contributed by atoms with Crippen LogP contribution in [0.1, 0.15) is 16.1 Å². The lowest BCUT2D eigenvalue weighted by Gasteiger charge is -2.10. The molecule has 0 radical (unpaired) electrons. The topological polar surface area (TPSA) is 82.2 Å². The van der Waals surface area contributed by atoms with Gasteiger partial charge in [-0.3, -0.25) is 9.48 Å². The quantitative estimate of drug-likeness (QED) is 0.821. The fraction of sp³-hybridized carbons (Fsp3) is 0.231. The molecular weight excluding hydrogens is 244 g/mol. The molecule has 6 heteroatoms. The molecule has 2 aromatic rings. The minimum Gasteiger partial charge on any atom is -0.494 e. The average molecular weight is 260 g/mol. The van der Waals surface area contributed by atoms with Crippen LogP contribution in [0.3, 0.4) is 0 Å². The number of carbonyl (C=O) groups excluding carboxylic acids is 1. The number of hydrogen-bond donors (Lipinski definition) is 2. The Bertz CT molecular complexity index is 619. The molecule has 3 N–H and O–H groups in total. The number of nitrogen functional groups attached to an aromatic ring is 1. The van der Waals surface area contributed by atoms with Crippen LogP contribution in [0.25, 0.3) is 0 Å². The van der Waals surface area contributed by atoms with Gasteiger partial charge in [-0.15, -0.1) is 0 Å². The summed E-state index contributed by atoms with van der Waals surface area (Å²) in [6.07, 6.45) is 1.68. The average Bonchev–Trinajstić information content (AvgIpc) is 2.70. The number of carbonyl (C=O) groups is 1. The van der Waals surface area contributed by atoms with E-state index in [1.807, 2.05) is 0 Å². The van der Waals surface area contributed by atoms with E-state index in [0.29, 0.717) is 28.4 Å². The number of nitrogens with zero attached hydrogens (tertiary/aromatic N) is 2. The van der Waals surface area contributed by atoms with E-state index in [1.54, 1.807) is 43.0 Å². The van der Waals surface area contributed by atoms with Crippen molar-refractivity contribution in [2.45, 2.75) is 6.92 Å². The van der Waals surface area contributed by atoms with E-state index in [0.717, 1.165) is 0 Å². The lowest BCUT2D eigenvalue weighted by atomic mass is 10.2. The van der Waals surface area contributed by atoms with Crippen molar-refractivity contribution in [2.75, 3.05) is 18.2 Å². The second kappa shape index (κ2) is 5.01. The normalized spacial score (nSPS) is 10.3. The highest BCUT2D eigenvalue weighted by Crippen LogP contribution is 2.27. The van der Waals surface area contributed by atoms with Crippen LogP contribution in [-0.4, -0.2) is 22.8 Å². The number of aromatic nitrogens is 2. The Morgan fingerprint density at radius 1 is 1.47 bits per heavy atom. The highest BCUT2D eigenvalue weighted by atomic mass is 16.5. The van der Waals surface area contributed by atoms with Crippen molar-refractivity contribution in [3.8, 4) is 5.75 Å². The van der Waals surface area contributed by atoms with Gasteiger partial charge in [0.05, 0.1) is 24.1 Å². The molecule has 1 aromatic heterocycles. The van der Waals surface area contributed by atoms with Crippen molar-refractivity contribution < 1.29 is 9.53 Å². The number of hydrogen-bond acceptors (Lipinski definition) is 4. The number of ether oxygens (including phenoxy) is 1. The van der Waals surface area contributed by atoms with Crippen molar-refractivity contribution in [1.29, 1.82) is 0 Å². The van der Waals surface area contributed by atoms with Gasteiger partial charge in [0.2, 0.25) is 0 Å². The molecule has 0 spiro atoms. The zero-order valence-electron chi connectivity index (χ0n) is 11.1. The van der Waals surface area contributed by atoms with Crippen molar-refractivity contribution in [1.82, 2.24) is 9.78 Å². The summed E-state index contributed by atoms with van der Waals surface area (Å²) in [4.78, 5) is 12.2. The maximum absolute atomic E-state index is 12.2. The Balaban J connectivity index is 2.26. The van der Waals surface area contributed by atoms with E-state index in [2.05, 4.69) is 10.4 Å². The fourth-order valence-electron chi connectivity index (χ4n) is 1.82. The van der Waals surface area contributed by atoms with Gasteiger partial charge in [0.15, 0.2) is 0 Å². The fourth-order valence-corrected chi connectivity index (χ4v) is 1.82. The van der Waals surface area contributed by atoms with Gasteiger partial charge in [-0.05, 0) is 19.1 Å². The number of benzene rings is 1. The maximum Gasteiger partial charge on any atom is 0.259 e. The minimum absolute atomic E-state index is 0.228. The summed E-state index contributed by atoms with van der Waals surface area (Å²) in [6, 6.07) is 5.07. The molecule has 0 saturated heterocycles. The summed E-state index contributed by atoms with van der Waals surface area (Å²) in [5.74, 6) is 0.295. The van der Waals surface area contributed by atoms with Gasteiger partial charge in [0.1, 0.15) is 5.75 Å². The summed E-state index contributed by atoms with van der Waals surface area (Å²) < 4.78 is 6.78. The number of aryl methyl sites for hydroxylation is 2. The largest absolute Gasteiger partial charge is 0.494 e. The van der Waals surface area contributed by atoms with Gasteiger partial charge >= 0.3 is 0 Å². The first-order valence-corrected chi connectivity index (χ1v) is 5.76. The van der Waals surface area contributed by atoms with Crippen LogP contribution in [0, 0.1) is 6.92 Å². The van der Waals surface area contributed by atoms with E-state index < -0.39 is 0 Å². The Morgan fingerprint density at radius 3 is 2.79 bits per heavy atom. The van der Waals surface area contributed by atoms with E-state index >= 15 is 0 Å². The molecule has 0 aliphatic carbocycles. The maximum atomic E-state index is 12.2. The molecule has 6 nitrogen and oxygen atoms in total. The van der Waals surface area contributed by atoms with Crippen LogP contribution >= 0.6 is 0 Å². The molecule has 0 saturated carbocycles. The first kappa shape index (κ1) is 12.9. The van der Waals surface area contributed by atoms with Crippen LogP contribution in [0.15, 0.2) is 24.4 Å². The standard InChI is InChI=1S/C13H16N4O2/c1-8-10(7-17(2)16-8)13(18)15-11-5-4-9(14)6-12(11)19-3/h4-7H,14H2,1-3H3,(H,15,18). The predicted octanol–water partition coefficient (Wildman–Crippen LogP) is 1.57. The molecule has 0 atom stereocenters. The number of amides is 1.